The van der Waals surface area contributed by atoms with E-state index in [1.807, 2.05) is 18.7 Å². The Labute approximate surface area is 108 Å². The highest BCUT2D eigenvalue weighted by Crippen LogP contribution is 2.21. The van der Waals surface area contributed by atoms with E-state index in [2.05, 4.69) is 24.6 Å². The van der Waals surface area contributed by atoms with Crippen molar-refractivity contribution in [3.05, 3.63) is 35.1 Å². The lowest BCUT2D eigenvalue weighted by molar-refractivity contribution is 0.516. The van der Waals surface area contributed by atoms with Crippen LogP contribution in [0.3, 0.4) is 0 Å². The Morgan fingerprint density at radius 3 is 2.71 bits per heavy atom. The maximum atomic E-state index is 13.4. The summed E-state index contributed by atoms with van der Waals surface area (Å²) in [6, 6.07) is 5.59. The fourth-order valence-electron chi connectivity index (χ4n) is 1.91. The lowest BCUT2D eigenvalue weighted by atomic mass is 10.0. The number of hydrogen-bond acceptors (Lipinski definition) is 2. The normalized spacial score (nSPS) is 12.7. The molecule has 1 aromatic carbocycles. The molecule has 1 aromatic rings. The average molecular weight is 255 g/mol. The quantitative estimate of drug-likeness (QED) is 0.792. The molecule has 1 nitrogen and oxygen atoms in total. The molecular formula is C14H22FNS. The largest absolute Gasteiger partial charge is 0.310 e. The third-order valence-corrected chi connectivity index (χ3v) is 3.36. The van der Waals surface area contributed by atoms with Crippen molar-refractivity contribution < 1.29 is 4.39 Å². The number of halogens is 1. The highest BCUT2D eigenvalue weighted by atomic mass is 32.2. The average Bonchev–Trinajstić information content (AvgIpc) is 2.28. The van der Waals surface area contributed by atoms with E-state index >= 15 is 0 Å². The Morgan fingerprint density at radius 1 is 1.35 bits per heavy atom. The number of nitrogens with one attached hydrogen (secondary N) is 1. The zero-order chi connectivity index (χ0) is 12.7. The SMILES string of the molecule is CCCNC(CCSC)c1cc(C)cc(F)c1. The van der Waals surface area contributed by atoms with E-state index in [1.165, 1.54) is 0 Å². The van der Waals surface area contributed by atoms with Crippen LogP contribution < -0.4 is 5.32 Å². The van der Waals surface area contributed by atoms with Crippen LogP contribution in [0.25, 0.3) is 0 Å². The number of benzene rings is 1. The van der Waals surface area contributed by atoms with Crippen molar-refractivity contribution in [2.75, 3.05) is 18.6 Å². The first-order chi connectivity index (χ1) is 8.17. The first-order valence-corrected chi connectivity index (χ1v) is 7.56. The molecule has 3 heteroatoms. The van der Waals surface area contributed by atoms with Crippen molar-refractivity contribution in [2.45, 2.75) is 32.7 Å². The topological polar surface area (TPSA) is 12.0 Å². The van der Waals surface area contributed by atoms with Gasteiger partial charge in [0.15, 0.2) is 0 Å². The van der Waals surface area contributed by atoms with Gasteiger partial charge in [-0.25, -0.2) is 4.39 Å². The highest BCUT2D eigenvalue weighted by molar-refractivity contribution is 7.98. The minimum Gasteiger partial charge on any atom is -0.310 e. The Hall–Kier alpha value is -0.540. The van der Waals surface area contributed by atoms with E-state index in [4.69, 9.17) is 0 Å². The summed E-state index contributed by atoms with van der Waals surface area (Å²) in [5.41, 5.74) is 2.07. The Morgan fingerprint density at radius 2 is 2.12 bits per heavy atom. The van der Waals surface area contributed by atoms with Crippen LogP contribution >= 0.6 is 11.8 Å². The molecule has 0 radical (unpaired) electrons. The summed E-state index contributed by atoms with van der Waals surface area (Å²) in [6.45, 7) is 5.07. The molecule has 0 aliphatic rings. The molecule has 0 fully saturated rings. The Kier molecular flexibility index (Phi) is 6.60. The second-order valence-electron chi connectivity index (χ2n) is 4.35. The zero-order valence-electron chi connectivity index (χ0n) is 10.9. The number of thioether (sulfide) groups is 1. The summed E-state index contributed by atoms with van der Waals surface area (Å²) >= 11 is 1.83. The van der Waals surface area contributed by atoms with Crippen molar-refractivity contribution in [2.24, 2.45) is 0 Å². The first-order valence-electron chi connectivity index (χ1n) is 6.16. The predicted octanol–water partition coefficient (Wildman–Crippen LogP) is 3.93. The summed E-state index contributed by atoms with van der Waals surface area (Å²) in [6.07, 6.45) is 4.25. The summed E-state index contributed by atoms with van der Waals surface area (Å²) < 4.78 is 13.4. The zero-order valence-corrected chi connectivity index (χ0v) is 11.7. The van der Waals surface area contributed by atoms with E-state index in [-0.39, 0.29) is 11.9 Å². The smallest absolute Gasteiger partial charge is 0.123 e. The van der Waals surface area contributed by atoms with Crippen LogP contribution in [0, 0.1) is 12.7 Å². The van der Waals surface area contributed by atoms with E-state index < -0.39 is 0 Å². The fourth-order valence-corrected chi connectivity index (χ4v) is 2.38. The summed E-state index contributed by atoms with van der Waals surface area (Å²) in [7, 11) is 0. The van der Waals surface area contributed by atoms with Gasteiger partial charge < -0.3 is 5.32 Å². The van der Waals surface area contributed by atoms with E-state index in [1.54, 1.807) is 12.1 Å². The predicted molar refractivity (Wildman–Crippen MR) is 75.2 cm³/mol. The molecule has 1 atom stereocenters. The van der Waals surface area contributed by atoms with Gasteiger partial charge >= 0.3 is 0 Å². The lowest BCUT2D eigenvalue weighted by Gasteiger charge is -2.19. The van der Waals surface area contributed by atoms with Crippen molar-refractivity contribution in [1.29, 1.82) is 0 Å². The molecule has 17 heavy (non-hydrogen) atoms. The van der Waals surface area contributed by atoms with Crippen LogP contribution in [-0.4, -0.2) is 18.6 Å². The molecule has 0 saturated carbocycles. The maximum Gasteiger partial charge on any atom is 0.123 e. The van der Waals surface area contributed by atoms with Crippen LogP contribution in [-0.2, 0) is 0 Å². The molecule has 1 rings (SSSR count). The molecule has 0 spiro atoms. The molecule has 96 valence electrons. The maximum absolute atomic E-state index is 13.4. The van der Waals surface area contributed by atoms with Gasteiger partial charge in [-0.3, -0.25) is 0 Å². The van der Waals surface area contributed by atoms with Gasteiger partial charge in [0.25, 0.3) is 0 Å². The summed E-state index contributed by atoms with van der Waals surface area (Å²) in [4.78, 5) is 0. The van der Waals surface area contributed by atoms with E-state index in [0.29, 0.717) is 0 Å². The standard InChI is InChI=1S/C14H22FNS/c1-4-6-16-14(5-7-17-3)12-8-11(2)9-13(15)10-12/h8-10,14,16H,4-7H2,1-3H3. The van der Waals surface area contributed by atoms with Crippen molar-refractivity contribution in [3.63, 3.8) is 0 Å². The molecule has 0 aromatic heterocycles. The molecule has 1 N–H and O–H groups in total. The second kappa shape index (κ2) is 7.72. The number of rotatable bonds is 7. The number of hydrogen-bond donors (Lipinski definition) is 1. The third kappa shape index (κ3) is 5.09. The van der Waals surface area contributed by atoms with Gasteiger partial charge in [0.2, 0.25) is 0 Å². The van der Waals surface area contributed by atoms with Gasteiger partial charge in [-0.15, -0.1) is 0 Å². The molecule has 0 bridgehead atoms. The van der Waals surface area contributed by atoms with Crippen LogP contribution in [0.5, 0.6) is 0 Å². The molecule has 0 amide bonds. The van der Waals surface area contributed by atoms with Crippen LogP contribution in [0.1, 0.15) is 36.9 Å². The van der Waals surface area contributed by atoms with Gasteiger partial charge in [0.1, 0.15) is 5.82 Å². The van der Waals surface area contributed by atoms with Gasteiger partial charge in [-0.05, 0) is 61.6 Å². The second-order valence-corrected chi connectivity index (χ2v) is 5.34. The molecule has 0 saturated heterocycles. The lowest BCUT2D eigenvalue weighted by Crippen LogP contribution is -2.23. The minimum atomic E-state index is -0.132. The monoisotopic (exact) mass is 255 g/mol. The van der Waals surface area contributed by atoms with Crippen molar-refractivity contribution in [3.8, 4) is 0 Å². The summed E-state index contributed by atoms with van der Waals surface area (Å²) in [5, 5.41) is 3.49. The van der Waals surface area contributed by atoms with Gasteiger partial charge in [0, 0.05) is 6.04 Å². The molecule has 1 unspecified atom stereocenters. The van der Waals surface area contributed by atoms with Crippen molar-refractivity contribution >= 4 is 11.8 Å². The van der Waals surface area contributed by atoms with Gasteiger partial charge in [-0.1, -0.05) is 13.0 Å². The van der Waals surface area contributed by atoms with Crippen molar-refractivity contribution in [1.82, 2.24) is 5.32 Å². The molecule has 0 aliphatic heterocycles. The number of aryl methyl sites for hydroxylation is 1. The van der Waals surface area contributed by atoms with E-state index in [0.717, 1.165) is 36.3 Å². The van der Waals surface area contributed by atoms with Crippen LogP contribution in [0.2, 0.25) is 0 Å². The van der Waals surface area contributed by atoms with Gasteiger partial charge in [-0.2, -0.15) is 11.8 Å². The summed E-state index contributed by atoms with van der Waals surface area (Å²) in [5.74, 6) is 0.962. The van der Waals surface area contributed by atoms with Crippen LogP contribution in [0.15, 0.2) is 18.2 Å². The molecular weight excluding hydrogens is 233 g/mol. The Balaban J connectivity index is 2.78. The minimum absolute atomic E-state index is 0.132. The molecule has 0 heterocycles. The fraction of sp³-hybridized carbons (Fsp3) is 0.571. The van der Waals surface area contributed by atoms with Crippen LogP contribution in [0.4, 0.5) is 4.39 Å². The molecule has 0 aliphatic carbocycles. The van der Waals surface area contributed by atoms with E-state index in [9.17, 15) is 4.39 Å². The highest BCUT2D eigenvalue weighted by Gasteiger charge is 2.11. The Bertz CT molecular complexity index is 313. The first kappa shape index (κ1) is 14.5. The van der Waals surface area contributed by atoms with Gasteiger partial charge in [0.05, 0.1) is 0 Å². The third-order valence-electron chi connectivity index (χ3n) is 2.72.